The Morgan fingerprint density at radius 3 is 2.52 bits per heavy atom. The van der Waals surface area contributed by atoms with Crippen LogP contribution in [0.5, 0.6) is 0 Å². The first kappa shape index (κ1) is 15.3. The van der Waals surface area contributed by atoms with Crippen molar-refractivity contribution in [3.8, 4) is 0 Å². The standard InChI is InChI=1S/C16H19N3OS/c1-3-19(2)15(20)10-18-14-9-8-13(16(17)21)11-6-4-5-7-12(11)14/h4-9,18H,3,10H2,1-2H3,(H2,17,21). The lowest BCUT2D eigenvalue weighted by Gasteiger charge is -2.16. The summed E-state index contributed by atoms with van der Waals surface area (Å²) in [5.74, 6) is 0.0556. The third-order valence-electron chi connectivity index (χ3n) is 3.52. The van der Waals surface area contributed by atoms with Crippen LogP contribution < -0.4 is 11.1 Å². The Labute approximate surface area is 129 Å². The second-order valence-corrected chi connectivity index (χ2v) is 5.27. The summed E-state index contributed by atoms with van der Waals surface area (Å²) in [6.45, 7) is 2.91. The van der Waals surface area contributed by atoms with Crippen molar-refractivity contribution >= 4 is 39.6 Å². The van der Waals surface area contributed by atoms with Crippen molar-refractivity contribution in [2.24, 2.45) is 5.73 Å². The summed E-state index contributed by atoms with van der Waals surface area (Å²) >= 11 is 5.09. The van der Waals surface area contributed by atoms with Crippen LogP contribution in [0, 0.1) is 0 Å². The molecule has 0 aromatic heterocycles. The molecular formula is C16H19N3OS. The predicted molar refractivity (Wildman–Crippen MR) is 91.6 cm³/mol. The third-order valence-corrected chi connectivity index (χ3v) is 3.74. The van der Waals surface area contributed by atoms with Crippen LogP contribution >= 0.6 is 12.2 Å². The molecule has 21 heavy (non-hydrogen) atoms. The van der Waals surface area contributed by atoms with Crippen molar-refractivity contribution in [1.82, 2.24) is 4.90 Å². The average Bonchev–Trinajstić information content (AvgIpc) is 2.51. The van der Waals surface area contributed by atoms with E-state index < -0.39 is 0 Å². The number of hydrogen-bond acceptors (Lipinski definition) is 3. The maximum atomic E-state index is 11.9. The molecule has 0 saturated carbocycles. The van der Waals surface area contributed by atoms with Crippen molar-refractivity contribution in [2.75, 3.05) is 25.5 Å². The van der Waals surface area contributed by atoms with Crippen LogP contribution in [0.3, 0.4) is 0 Å². The van der Waals surface area contributed by atoms with E-state index in [2.05, 4.69) is 5.32 Å². The number of nitrogens with zero attached hydrogens (tertiary/aromatic N) is 1. The van der Waals surface area contributed by atoms with Crippen molar-refractivity contribution < 1.29 is 4.79 Å². The number of rotatable bonds is 5. The van der Waals surface area contributed by atoms with Gasteiger partial charge in [-0.25, -0.2) is 0 Å². The van der Waals surface area contributed by atoms with Gasteiger partial charge >= 0.3 is 0 Å². The summed E-state index contributed by atoms with van der Waals surface area (Å²) < 4.78 is 0. The van der Waals surface area contributed by atoms with Gasteiger partial charge in [-0.05, 0) is 24.4 Å². The highest BCUT2D eigenvalue weighted by Gasteiger charge is 2.10. The molecular weight excluding hydrogens is 282 g/mol. The topological polar surface area (TPSA) is 58.4 Å². The zero-order valence-electron chi connectivity index (χ0n) is 12.2. The van der Waals surface area contributed by atoms with Gasteiger partial charge in [-0.2, -0.15) is 0 Å². The number of nitrogens with one attached hydrogen (secondary N) is 1. The molecule has 2 rings (SSSR count). The highest BCUT2D eigenvalue weighted by atomic mass is 32.1. The van der Waals surface area contributed by atoms with Crippen LogP contribution in [0.1, 0.15) is 12.5 Å². The van der Waals surface area contributed by atoms with Crippen molar-refractivity contribution in [3.05, 3.63) is 42.0 Å². The number of hydrogen-bond donors (Lipinski definition) is 2. The number of thiocarbonyl (C=S) groups is 1. The first-order valence-corrected chi connectivity index (χ1v) is 7.24. The Morgan fingerprint density at radius 1 is 1.24 bits per heavy atom. The fourth-order valence-corrected chi connectivity index (χ4v) is 2.33. The molecule has 0 aliphatic rings. The van der Waals surface area contributed by atoms with Gasteiger partial charge in [0.1, 0.15) is 4.99 Å². The van der Waals surface area contributed by atoms with Crippen molar-refractivity contribution in [2.45, 2.75) is 6.92 Å². The minimum absolute atomic E-state index is 0.0556. The van der Waals surface area contributed by atoms with E-state index in [0.29, 0.717) is 11.5 Å². The van der Waals surface area contributed by atoms with Crippen LogP contribution in [0.4, 0.5) is 5.69 Å². The molecule has 0 radical (unpaired) electrons. The molecule has 4 nitrogen and oxygen atoms in total. The van der Waals surface area contributed by atoms with Gasteiger partial charge in [-0.15, -0.1) is 0 Å². The quantitative estimate of drug-likeness (QED) is 0.833. The number of carbonyl (C=O) groups excluding carboxylic acids is 1. The second kappa shape index (κ2) is 6.54. The van der Waals surface area contributed by atoms with Crippen LogP contribution in [0.2, 0.25) is 0 Å². The third kappa shape index (κ3) is 3.31. The Balaban J connectivity index is 2.32. The molecule has 0 aliphatic heterocycles. The molecule has 1 amide bonds. The van der Waals surface area contributed by atoms with E-state index in [1.165, 1.54) is 0 Å². The minimum atomic E-state index is 0.0556. The fraction of sp³-hybridized carbons (Fsp3) is 0.250. The van der Waals surface area contributed by atoms with Crippen molar-refractivity contribution in [1.29, 1.82) is 0 Å². The molecule has 0 unspecified atom stereocenters. The van der Waals surface area contributed by atoms with Gasteiger partial charge in [-0.1, -0.05) is 36.5 Å². The second-order valence-electron chi connectivity index (χ2n) is 4.83. The fourth-order valence-electron chi connectivity index (χ4n) is 2.15. The number of nitrogens with two attached hydrogens (primary N) is 1. The molecule has 3 N–H and O–H groups in total. The lowest BCUT2D eigenvalue weighted by atomic mass is 10.0. The molecule has 0 heterocycles. The van der Waals surface area contributed by atoms with Gasteiger partial charge in [0, 0.05) is 30.2 Å². The van der Waals surface area contributed by atoms with Gasteiger partial charge in [0.2, 0.25) is 5.91 Å². The number of fused-ring (bicyclic) bond motifs is 1. The van der Waals surface area contributed by atoms with E-state index in [1.807, 2.05) is 43.3 Å². The highest BCUT2D eigenvalue weighted by molar-refractivity contribution is 7.80. The van der Waals surface area contributed by atoms with E-state index >= 15 is 0 Å². The minimum Gasteiger partial charge on any atom is -0.389 e. The van der Waals surface area contributed by atoms with Crippen molar-refractivity contribution in [3.63, 3.8) is 0 Å². The van der Waals surface area contributed by atoms with E-state index in [4.69, 9.17) is 18.0 Å². The largest absolute Gasteiger partial charge is 0.389 e. The molecule has 0 saturated heterocycles. The molecule has 2 aromatic carbocycles. The van der Waals surface area contributed by atoms with E-state index in [-0.39, 0.29) is 12.5 Å². The van der Waals surface area contributed by atoms with Gasteiger partial charge < -0.3 is 16.0 Å². The summed E-state index contributed by atoms with van der Waals surface area (Å²) in [7, 11) is 1.79. The van der Waals surface area contributed by atoms with Gasteiger partial charge in [-0.3, -0.25) is 4.79 Å². The normalized spacial score (nSPS) is 10.4. The molecule has 5 heteroatoms. The lowest BCUT2D eigenvalue weighted by molar-refractivity contribution is -0.127. The number of amides is 1. The molecule has 0 atom stereocenters. The zero-order valence-corrected chi connectivity index (χ0v) is 13.0. The monoisotopic (exact) mass is 301 g/mol. The SMILES string of the molecule is CCN(C)C(=O)CNc1ccc(C(N)=S)c2ccccc12. The van der Waals surface area contributed by atoms with E-state index in [9.17, 15) is 4.79 Å². The van der Waals surface area contributed by atoms with Gasteiger partial charge in [0.25, 0.3) is 0 Å². The summed E-state index contributed by atoms with van der Waals surface area (Å²) in [4.78, 5) is 13.9. The Kier molecular flexibility index (Phi) is 4.75. The van der Waals surface area contributed by atoms with Crippen LogP contribution in [0.25, 0.3) is 10.8 Å². The average molecular weight is 301 g/mol. The smallest absolute Gasteiger partial charge is 0.241 e. The Morgan fingerprint density at radius 2 is 1.90 bits per heavy atom. The summed E-state index contributed by atoms with van der Waals surface area (Å²) in [6, 6.07) is 11.7. The zero-order chi connectivity index (χ0) is 15.4. The molecule has 0 spiro atoms. The molecule has 110 valence electrons. The Bertz CT molecular complexity index is 684. The van der Waals surface area contributed by atoms with Crippen LogP contribution in [0.15, 0.2) is 36.4 Å². The van der Waals surface area contributed by atoms with Gasteiger partial charge in [0.15, 0.2) is 0 Å². The Hall–Kier alpha value is -2.14. The first-order valence-electron chi connectivity index (χ1n) is 6.84. The molecule has 2 aromatic rings. The molecule has 0 bridgehead atoms. The summed E-state index contributed by atoms with van der Waals surface area (Å²) in [5.41, 5.74) is 7.52. The predicted octanol–water partition coefficient (Wildman–Crippen LogP) is 2.36. The first-order chi connectivity index (χ1) is 10.0. The maximum Gasteiger partial charge on any atom is 0.241 e. The van der Waals surface area contributed by atoms with E-state index in [1.54, 1.807) is 11.9 Å². The molecule has 0 aliphatic carbocycles. The summed E-state index contributed by atoms with van der Waals surface area (Å²) in [5, 5.41) is 5.19. The van der Waals surface area contributed by atoms with E-state index in [0.717, 1.165) is 22.0 Å². The highest BCUT2D eigenvalue weighted by Crippen LogP contribution is 2.26. The van der Waals surface area contributed by atoms with Crippen LogP contribution in [-0.2, 0) is 4.79 Å². The summed E-state index contributed by atoms with van der Waals surface area (Å²) in [6.07, 6.45) is 0. The lowest BCUT2D eigenvalue weighted by Crippen LogP contribution is -2.31. The number of carbonyl (C=O) groups is 1. The molecule has 0 fully saturated rings. The number of likely N-dealkylation sites (N-methyl/N-ethyl adjacent to an activating group) is 1. The number of anilines is 1. The van der Waals surface area contributed by atoms with Crippen LogP contribution in [-0.4, -0.2) is 35.9 Å². The number of benzene rings is 2. The maximum absolute atomic E-state index is 11.9. The van der Waals surface area contributed by atoms with Gasteiger partial charge in [0.05, 0.1) is 6.54 Å².